The Kier molecular flexibility index (Phi) is 1.99. The monoisotopic (exact) mass is 145 g/mol. The third-order valence-electron chi connectivity index (χ3n) is 2.29. The van der Waals surface area contributed by atoms with Gasteiger partial charge in [0.15, 0.2) is 0 Å². The highest BCUT2D eigenvalue weighted by atomic mass is 16.5. The molecule has 1 aliphatic heterocycles. The van der Waals surface area contributed by atoms with Crippen molar-refractivity contribution in [3.05, 3.63) is 5.21 Å². The second-order valence-corrected chi connectivity index (χ2v) is 3.54. The van der Waals surface area contributed by atoms with Gasteiger partial charge < -0.3 is 15.0 Å². The first kappa shape index (κ1) is 7.98. The van der Waals surface area contributed by atoms with Crippen LogP contribution < -0.4 is 0 Å². The SMILES string of the molecule is C[C@H]1CC[N+](C)([O-])C[C@@H]1O. The van der Waals surface area contributed by atoms with Crippen LogP contribution in [0.25, 0.3) is 0 Å². The fraction of sp³-hybridized carbons (Fsp3) is 1.00. The molecular formula is C7H15NO2. The third-order valence-corrected chi connectivity index (χ3v) is 2.29. The van der Waals surface area contributed by atoms with E-state index in [1.54, 1.807) is 7.05 Å². The van der Waals surface area contributed by atoms with Gasteiger partial charge >= 0.3 is 0 Å². The molecule has 0 spiro atoms. The van der Waals surface area contributed by atoms with Crippen LogP contribution in [-0.4, -0.2) is 36.0 Å². The topological polar surface area (TPSA) is 43.3 Å². The zero-order valence-electron chi connectivity index (χ0n) is 6.58. The van der Waals surface area contributed by atoms with Crippen molar-refractivity contribution in [2.45, 2.75) is 19.4 Å². The molecule has 3 nitrogen and oxygen atoms in total. The van der Waals surface area contributed by atoms with Crippen LogP contribution in [0.3, 0.4) is 0 Å². The van der Waals surface area contributed by atoms with Gasteiger partial charge in [0.05, 0.1) is 13.6 Å². The molecular weight excluding hydrogens is 130 g/mol. The average Bonchev–Trinajstić information content (AvgIpc) is 1.79. The molecule has 1 saturated heterocycles. The van der Waals surface area contributed by atoms with Crippen LogP contribution in [0.15, 0.2) is 0 Å². The Balaban J connectivity index is 2.49. The summed E-state index contributed by atoms with van der Waals surface area (Å²) in [5.41, 5.74) is 0. The lowest BCUT2D eigenvalue weighted by Crippen LogP contribution is -2.51. The summed E-state index contributed by atoms with van der Waals surface area (Å²) >= 11 is 0. The van der Waals surface area contributed by atoms with Gasteiger partial charge in [-0.05, 0) is 5.92 Å². The molecule has 3 heteroatoms. The zero-order chi connectivity index (χ0) is 7.78. The summed E-state index contributed by atoms with van der Waals surface area (Å²) in [4.78, 5) is 0. The third kappa shape index (κ3) is 1.68. The molecule has 0 aromatic heterocycles. The van der Waals surface area contributed by atoms with Gasteiger partial charge in [-0.3, -0.25) is 0 Å². The summed E-state index contributed by atoms with van der Waals surface area (Å²) < 4.78 is -0.272. The van der Waals surface area contributed by atoms with Gasteiger partial charge in [-0.15, -0.1) is 0 Å². The first-order valence-corrected chi connectivity index (χ1v) is 3.75. The second-order valence-electron chi connectivity index (χ2n) is 3.54. The first-order chi connectivity index (χ1) is 4.51. The second kappa shape index (κ2) is 2.49. The Morgan fingerprint density at radius 3 is 2.60 bits per heavy atom. The van der Waals surface area contributed by atoms with Gasteiger partial charge in [0, 0.05) is 6.42 Å². The Hall–Kier alpha value is -0.120. The van der Waals surface area contributed by atoms with E-state index in [1.807, 2.05) is 6.92 Å². The molecule has 0 aromatic rings. The van der Waals surface area contributed by atoms with Crippen molar-refractivity contribution in [2.24, 2.45) is 5.92 Å². The quantitative estimate of drug-likeness (QED) is 0.394. The molecule has 3 atom stereocenters. The lowest BCUT2D eigenvalue weighted by Gasteiger charge is -2.45. The van der Waals surface area contributed by atoms with E-state index in [1.165, 1.54) is 0 Å². The Morgan fingerprint density at radius 1 is 1.60 bits per heavy atom. The summed E-state index contributed by atoms with van der Waals surface area (Å²) in [7, 11) is 1.62. The smallest absolute Gasteiger partial charge is 0.106 e. The fourth-order valence-electron chi connectivity index (χ4n) is 1.34. The molecule has 0 saturated carbocycles. The van der Waals surface area contributed by atoms with Crippen LogP contribution in [0.2, 0.25) is 0 Å². The lowest BCUT2D eigenvalue weighted by atomic mass is 9.96. The zero-order valence-corrected chi connectivity index (χ0v) is 6.58. The number of aliphatic hydroxyl groups is 1. The molecule has 0 bridgehead atoms. The number of hydrogen-bond donors (Lipinski definition) is 1. The number of rotatable bonds is 0. The minimum Gasteiger partial charge on any atom is -0.633 e. The summed E-state index contributed by atoms with van der Waals surface area (Å²) in [5, 5.41) is 20.6. The summed E-state index contributed by atoms with van der Waals surface area (Å²) in [6, 6.07) is 0. The molecule has 1 aliphatic rings. The summed E-state index contributed by atoms with van der Waals surface area (Å²) in [6.07, 6.45) is 0.456. The Bertz CT molecular complexity index is 125. The van der Waals surface area contributed by atoms with E-state index in [2.05, 4.69) is 0 Å². The van der Waals surface area contributed by atoms with Crippen molar-refractivity contribution in [1.82, 2.24) is 0 Å². The lowest BCUT2D eigenvalue weighted by molar-refractivity contribution is -0.870. The number of hydroxylamine groups is 3. The maximum atomic E-state index is 11.3. The van der Waals surface area contributed by atoms with Crippen LogP contribution in [0.4, 0.5) is 0 Å². The Labute approximate surface area is 61.4 Å². The van der Waals surface area contributed by atoms with E-state index in [0.29, 0.717) is 19.0 Å². The summed E-state index contributed by atoms with van der Waals surface area (Å²) in [6.45, 7) is 3.00. The van der Waals surface area contributed by atoms with Gasteiger partial charge in [0.2, 0.25) is 0 Å². The number of piperidine rings is 1. The normalized spacial score (nSPS) is 49.2. The van der Waals surface area contributed by atoms with Crippen molar-refractivity contribution in [2.75, 3.05) is 20.1 Å². The molecule has 10 heavy (non-hydrogen) atoms. The number of quaternary nitrogens is 1. The van der Waals surface area contributed by atoms with Crippen molar-refractivity contribution >= 4 is 0 Å². The average molecular weight is 145 g/mol. The number of likely N-dealkylation sites (tertiary alicyclic amines) is 1. The minimum absolute atomic E-state index is 0.272. The molecule has 1 fully saturated rings. The standard InChI is InChI=1S/C7H15NO2/c1-6-3-4-8(2,10)5-7(6)9/h6-7,9H,3-5H2,1-2H3/t6-,7-,8?/m0/s1. The molecule has 0 aliphatic carbocycles. The molecule has 1 unspecified atom stereocenters. The van der Waals surface area contributed by atoms with Crippen LogP contribution >= 0.6 is 0 Å². The van der Waals surface area contributed by atoms with Crippen molar-refractivity contribution < 1.29 is 9.75 Å². The molecule has 0 amide bonds. The number of nitrogens with zero attached hydrogens (tertiary/aromatic N) is 1. The van der Waals surface area contributed by atoms with Gasteiger partial charge in [0.1, 0.15) is 12.6 Å². The highest BCUT2D eigenvalue weighted by Crippen LogP contribution is 2.20. The highest BCUT2D eigenvalue weighted by Gasteiger charge is 2.28. The molecule has 0 aromatic carbocycles. The minimum atomic E-state index is -0.392. The highest BCUT2D eigenvalue weighted by molar-refractivity contribution is 4.69. The maximum absolute atomic E-state index is 11.3. The molecule has 1 heterocycles. The molecule has 60 valence electrons. The van der Waals surface area contributed by atoms with E-state index < -0.39 is 6.10 Å². The number of aliphatic hydroxyl groups excluding tert-OH is 1. The Morgan fingerprint density at radius 2 is 2.20 bits per heavy atom. The van der Waals surface area contributed by atoms with Crippen LogP contribution in [0.1, 0.15) is 13.3 Å². The molecule has 0 radical (unpaired) electrons. The van der Waals surface area contributed by atoms with Crippen molar-refractivity contribution in [1.29, 1.82) is 0 Å². The van der Waals surface area contributed by atoms with Crippen LogP contribution in [-0.2, 0) is 0 Å². The van der Waals surface area contributed by atoms with Gasteiger partial charge in [-0.1, -0.05) is 6.92 Å². The van der Waals surface area contributed by atoms with Crippen LogP contribution in [0.5, 0.6) is 0 Å². The predicted octanol–water partition coefficient (Wildman–Crippen LogP) is 0.331. The van der Waals surface area contributed by atoms with E-state index >= 15 is 0 Å². The number of likely N-dealkylation sites (N-methyl/N-ethyl adjacent to an activating group) is 1. The molecule has 1 N–H and O–H groups in total. The van der Waals surface area contributed by atoms with Crippen molar-refractivity contribution in [3.8, 4) is 0 Å². The predicted molar refractivity (Wildman–Crippen MR) is 39.1 cm³/mol. The van der Waals surface area contributed by atoms with E-state index in [-0.39, 0.29) is 4.65 Å². The largest absolute Gasteiger partial charge is 0.633 e. The van der Waals surface area contributed by atoms with Gasteiger partial charge in [0.25, 0.3) is 0 Å². The van der Waals surface area contributed by atoms with Crippen LogP contribution in [0, 0.1) is 11.1 Å². The van der Waals surface area contributed by atoms with Gasteiger partial charge in [-0.2, -0.15) is 0 Å². The van der Waals surface area contributed by atoms with E-state index in [4.69, 9.17) is 0 Å². The molecule has 1 rings (SSSR count). The van der Waals surface area contributed by atoms with E-state index in [0.717, 1.165) is 6.42 Å². The summed E-state index contributed by atoms with van der Waals surface area (Å²) in [5.74, 6) is 0.306. The fourth-order valence-corrected chi connectivity index (χ4v) is 1.34. The van der Waals surface area contributed by atoms with Gasteiger partial charge in [-0.25, -0.2) is 0 Å². The van der Waals surface area contributed by atoms with Crippen molar-refractivity contribution in [3.63, 3.8) is 0 Å². The maximum Gasteiger partial charge on any atom is 0.106 e. The number of hydrogen-bond acceptors (Lipinski definition) is 2. The first-order valence-electron chi connectivity index (χ1n) is 3.75. The van der Waals surface area contributed by atoms with E-state index in [9.17, 15) is 10.3 Å².